The van der Waals surface area contributed by atoms with Gasteiger partial charge in [-0.3, -0.25) is 0 Å². The Hall–Kier alpha value is -0.830. The Labute approximate surface area is 117 Å². The molecule has 19 heavy (non-hydrogen) atoms. The van der Waals surface area contributed by atoms with Crippen LogP contribution in [0.15, 0.2) is 11.6 Å². The molecule has 0 unspecified atom stereocenters. The molecule has 1 N–H and O–H groups in total. The highest BCUT2D eigenvalue weighted by molar-refractivity contribution is 5.88. The number of carbonyl (C=O) groups is 1. The average Bonchev–Trinajstić information content (AvgIpc) is 2.36. The maximum absolute atomic E-state index is 11.4. The van der Waals surface area contributed by atoms with Gasteiger partial charge in [-0.2, -0.15) is 0 Å². The van der Waals surface area contributed by atoms with Crippen molar-refractivity contribution in [3.63, 3.8) is 0 Å². The second-order valence-electron chi connectivity index (χ2n) is 6.25. The van der Waals surface area contributed by atoms with Crippen LogP contribution < -0.4 is 0 Å². The van der Waals surface area contributed by atoms with Crippen molar-refractivity contribution in [1.29, 1.82) is 0 Å². The van der Waals surface area contributed by atoms with E-state index in [4.69, 9.17) is 4.74 Å². The van der Waals surface area contributed by atoms with Crippen LogP contribution in [-0.4, -0.2) is 24.3 Å². The number of methoxy groups -OCH3 is 1. The van der Waals surface area contributed by atoms with Gasteiger partial charge in [0.25, 0.3) is 0 Å². The lowest BCUT2D eigenvalue weighted by atomic mass is 9.78. The van der Waals surface area contributed by atoms with Gasteiger partial charge < -0.3 is 9.84 Å². The third kappa shape index (κ3) is 5.35. The van der Waals surface area contributed by atoms with E-state index < -0.39 is 0 Å². The summed E-state index contributed by atoms with van der Waals surface area (Å²) in [6, 6.07) is 0. The molecule has 0 aliphatic heterocycles. The Morgan fingerprint density at radius 1 is 1.42 bits per heavy atom. The van der Waals surface area contributed by atoms with Crippen LogP contribution in [0.4, 0.5) is 0 Å². The molecular formula is C16H28O3. The summed E-state index contributed by atoms with van der Waals surface area (Å²) < 4.78 is 4.75. The highest BCUT2D eigenvalue weighted by Gasteiger charge is 2.25. The molecule has 0 aromatic heterocycles. The molecule has 0 heterocycles. The standard InChI is InChI=1S/C16H28O3/c1-11(2)9-15(17)10-12(3)13-5-7-14(8-6-13)16(18)19-4/h7,11-13,15,17H,5-6,8-10H2,1-4H3/t12-,13-,15-/m0/s1. The quantitative estimate of drug-likeness (QED) is 0.752. The Bertz CT molecular complexity index is 320. The first-order valence-electron chi connectivity index (χ1n) is 7.39. The lowest BCUT2D eigenvalue weighted by Crippen LogP contribution is -2.22. The maximum Gasteiger partial charge on any atom is 0.333 e. The van der Waals surface area contributed by atoms with Crippen LogP contribution in [0, 0.1) is 17.8 Å². The number of allylic oxidation sites excluding steroid dienone is 1. The second-order valence-corrected chi connectivity index (χ2v) is 6.25. The molecule has 0 saturated carbocycles. The van der Waals surface area contributed by atoms with E-state index in [0.29, 0.717) is 17.8 Å². The SMILES string of the molecule is COC(=O)C1=CC[C@H]([C@@H](C)C[C@@H](O)CC(C)C)CC1. The fourth-order valence-corrected chi connectivity index (χ4v) is 2.95. The Morgan fingerprint density at radius 2 is 2.11 bits per heavy atom. The molecule has 0 amide bonds. The van der Waals surface area contributed by atoms with E-state index >= 15 is 0 Å². The van der Waals surface area contributed by atoms with Crippen molar-refractivity contribution >= 4 is 5.97 Å². The summed E-state index contributed by atoms with van der Waals surface area (Å²) >= 11 is 0. The zero-order valence-electron chi connectivity index (χ0n) is 12.7. The molecule has 1 aliphatic rings. The maximum atomic E-state index is 11.4. The van der Waals surface area contributed by atoms with Crippen molar-refractivity contribution in [2.45, 2.75) is 59.0 Å². The number of aliphatic hydroxyl groups is 1. The van der Waals surface area contributed by atoms with Crippen molar-refractivity contribution in [1.82, 2.24) is 0 Å². The normalized spacial score (nSPS) is 22.8. The predicted molar refractivity (Wildman–Crippen MR) is 76.7 cm³/mol. The molecule has 3 heteroatoms. The lowest BCUT2D eigenvalue weighted by molar-refractivity contribution is -0.136. The zero-order chi connectivity index (χ0) is 14.4. The molecule has 110 valence electrons. The van der Waals surface area contributed by atoms with E-state index in [1.54, 1.807) is 0 Å². The average molecular weight is 268 g/mol. The molecule has 0 bridgehead atoms. The largest absolute Gasteiger partial charge is 0.466 e. The summed E-state index contributed by atoms with van der Waals surface area (Å²) in [6.07, 6.45) is 6.33. The smallest absolute Gasteiger partial charge is 0.333 e. The van der Waals surface area contributed by atoms with Crippen LogP contribution in [0.1, 0.15) is 52.9 Å². The summed E-state index contributed by atoms with van der Waals surface area (Å²) in [5.74, 6) is 1.43. The fourth-order valence-electron chi connectivity index (χ4n) is 2.95. The first-order chi connectivity index (χ1) is 8.93. The van der Waals surface area contributed by atoms with Crippen LogP contribution >= 0.6 is 0 Å². The van der Waals surface area contributed by atoms with Crippen LogP contribution in [0.3, 0.4) is 0 Å². The van der Waals surface area contributed by atoms with Gasteiger partial charge in [0.2, 0.25) is 0 Å². The molecule has 1 rings (SSSR count). The topological polar surface area (TPSA) is 46.5 Å². The Kier molecular flexibility index (Phi) is 6.56. The van der Waals surface area contributed by atoms with Crippen LogP contribution in [0.2, 0.25) is 0 Å². The van der Waals surface area contributed by atoms with Crippen molar-refractivity contribution in [2.75, 3.05) is 7.11 Å². The van der Waals surface area contributed by atoms with Crippen LogP contribution in [-0.2, 0) is 9.53 Å². The van der Waals surface area contributed by atoms with Crippen molar-refractivity contribution in [3.05, 3.63) is 11.6 Å². The lowest BCUT2D eigenvalue weighted by Gasteiger charge is -2.28. The van der Waals surface area contributed by atoms with Gasteiger partial charge in [0.15, 0.2) is 0 Å². The number of ether oxygens (including phenoxy) is 1. The Balaban J connectivity index is 2.42. The highest BCUT2D eigenvalue weighted by Crippen LogP contribution is 2.32. The van der Waals surface area contributed by atoms with E-state index in [-0.39, 0.29) is 12.1 Å². The molecule has 1 aliphatic carbocycles. The molecule has 0 radical (unpaired) electrons. The minimum absolute atomic E-state index is 0.189. The summed E-state index contributed by atoms with van der Waals surface area (Å²) in [4.78, 5) is 11.4. The minimum atomic E-state index is -0.194. The van der Waals surface area contributed by atoms with Gasteiger partial charge >= 0.3 is 5.97 Å². The number of aliphatic hydroxyl groups excluding tert-OH is 1. The van der Waals surface area contributed by atoms with E-state index in [1.807, 2.05) is 6.08 Å². The summed E-state index contributed by atoms with van der Waals surface area (Å²) in [5, 5.41) is 10.0. The number of esters is 1. The first kappa shape index (κ1) is 16.2. The molecule has 0 saturated heterocycles. The number of rotatable bonds is 6. The Morgan fingerprint density at radius 3 is 2.58 bits per heavy atom. The van der Waals surface area contributed by atoms with Crippen molar-refractivity contribution in [2.24, 2.45) is 17.8 Å². The highest BCUT2D eigenvalue weighted by atomic mass is 16.5. The molecular weight excluding hydrogens is 240 g/mol. The zero-order valence-corrected chi connectivity index (χ0v) is 12.7. The molecule has 0 spiro atoms. The van der Waals surface area contributed by atoms with Crippen molar-refractivity contribution in [3.8, 4) is 0 Å². The first-order valence-corrected chi connectivity index (χ1v) is 7.39. The van der Waals surface area contributed by atoms with Gasteiger partial charge in [-0.15, -0.1) is 0 Å². The fraction of sp³-hybridized carbons (Fsp3) is 0.812. The third-order valence-electron chi connectivity index (χ3n) is 4.09. The van der Waals surface area contributed by atoms with Gasteiger partial charge in [0, 0.05) is 5.57 Å². The van der Waals surface area contributed by atoms with E-state index in [9.17, 15) is 9.90 Å². The monoisotopic (exact) mass is 268 g/mol. The van der Waals surface area contributed by atoms with Gasteiger partial charge in [0.1, 0.15) is 0 Å². The van der Waals surface area contributed by atoms with Crippen LogP contribution in [0.5, 0.6) is 0 Å². The summed E-state index contributed by atoms with van der Waals surface area (Å²) in [6.45, 7) is 6.49. The number of hydrogen-bond donors (Lipinski definition) is 1. The van der Waals surface area contributed by atoms with Crippen LogP contribution in [0.25, 0.3) is 0 Å². The van der Waals surface area contributed by atoms with Gasteiger partial charge in [-0.1, -0.05) is 26.8 Å². The number of hydrogen-bond acceptors (Lipinski definition) is 3. The summed E-state index contributed by atoms with van der Waals surface area (Å²) in [5.41, 5.74) is 0.814. The third-order valence-corrected chi connectivity index (χ3v) is 4.09. The number of carbonyl (C=O) groups excluding carboxylic acids is 1. The van der Waals surface area contributed by atoms with E-state index in [2.05, 4.69) is 20.8 Å². The summed E-state index contributed by atoms with van der Waals surface area (Å²) in [7, 11) is 1.43. The van der Waals surface area contributed by atoms with Gasteiger partial charge in [-0.25, -0.2) is 4.79 Å². The van der Waals surface area contributed by atoms with Gasteiger partial charge in [-0.05, 0) is 49.9 Å². The van der Waals surface area contributed by atoms with Crippen molar-refractivity contribution < 1.29 is 14.6 Å². The van der Waals surface area contributed by atoms with E-state index in [0.717, 1.165) is 37.7 Å². The molecule has 3 atom stereocenters. The predicted octanol–water partition coefficient (Wildman–Crippen LogP) is 3.32. The van der Waals surface area contributed by atoms with Gasteiger partial charge in [0.05, 0.1) is 13.2 Å². The molecule has 0 aromatic carbocycles. The molecule has 0 fully saturated rings. The molecule has 3 nitrogen and oxygen atoms in total. The van der Waals surface area contributed by atoms with E-state index in [1.165, 1.54) is 7.11 Å². The minimum Gasteiger partial charge on any atom is -0.466 e. The molecule has 0 aromatic rings. The second kappa shape index (κ2) is 7.68.